The molecule has 0 unspecified atom stereocenters. The molecule has 0 aliphatic rings. The average molecular weight is 287 g/mol. The second-order valence-electron chi connectivity index (χ2n) is 5.89. The highest BCUT2D eigenvalue weighted by Crippen LogP contribution is 2.28. The van der Waals surface area contributed by atoms with E-state index in [1.54, 1.807) is 6.07 Å². The number of benzene rings is 2. The average Bonchev–Trinajstić information content (AvgIpc) is 2.47. The van der Waals surface area contributed by atoms with Gasteiger partial charge in [-0.15, -0.1) is 0 Å². The summed E-state index contributed by atoms with van der Waals surface area (Å²) in [6.45, 7) is 6.97. The Bertz CT molecular complexity index is 605. The second kappa shape index (κ2) is 6.17. The van der Waals surface area contributed by atoms with Crippen LogP contribution in [0.3, 0.4) is 0 Å². The SMILES string of the molecule is CCC(C)(C)c1ccc(OCc2ccc(F)cc2N)cc1. The summed E-state index contributed by atoms with van der Waals surface area (Å²) < 4.78 is 18.7. The van der Waals surface area contributed by atoms with Gasteiger partial charge in [0.25, 0.3) is 0 Å². The van der Waals surface area contributed by atoms with Crippen molar-refractivity contribution in [2.24, 2.45) is 0 Å². The van der Waals surface area contributed by atoms with Crippen LogP contribution in [0.1, 0.15) is 38.3 Å². The van der Waals surface area contributed by atoms with Crippen LogP contribution in [-0.4, -0.2) is 0 Å². The zero-order valence-electron chi connectivity index (χ0n) is 12.8. The molecule has 0 heterocycles. The van der Waals surface area contributed by atoms with E-state index in [2.05, 4.69) is 32.9 Å². The first-order valence-electron chi connectivity index (χ1n) is 7.19. The first kappa shape index (κ1) is 15.4. The first-order valence-corrected chi connectivity index (χ1v) is 7.19. The molecule has 0 amide bonds. The molecule has 0 aliphatic carbocycles. The van der Waals surface area contributed by atoms with Crippen molar-refractivity contribution in [2.75, 3.05) is 5.73 Å². The van der Waals surface area contributed by atoms with E-state index in [-0.39, 0.29) is 11.2 Å². The molecule has 2 N–H and O–H groups in total. The first-order chi connectivity index (χ1) is 9.92. The summed E-state index contributed by atoms with van der Waals surface area (Å²) in [5.41, 5.74) is 8.42. The molecule has 0 aliphatic heterocycles. The molecule has 0 atom stereocenters. The molecule has 0 saturated carbocycles. The van der Waals surface area contributed by atoms with Gasteiger partial charge in [0.05, 0.1) is 0 Å². The predicted octanol–water partition coefficient (Wildman–Crippen LogP) is 4.67. The van der Waals surface area contributed by atoms with Gasteiger partial charge in [-0.2, -0.15) is 0 Å². The lowest BCUT2D eigenvalue weighted by molar-refractivity contribution is 0.306. The standard InChI is InChI=1S/C18H22FNO/c1-4-18(2,3)14-6-9-16(10-7-14)21-12-13-5-8-15(19)11-17(13)20/h5-11H,4,12,20H2,1-3H3. The molecule has 21 heavy (non-hydrogen) atoms. The Labute approximate surface area is 125 Å². The van der Waals surface area contributed by atoms with Crippen molar-refractivity contribution >= 4 is 5.69 Å². The Morgan fingerprint density at radius 2 is 1.76 bits per heavy atom. The van der Waals surface area contributed by atoms with E-state index in [1.807, 2.05) is 12.1 Å². The van der Waals surface area contributed by atoms with Crippen molar-refractivity contribution in [3.63, 3.8) is 0 Å². The summed E-state index contributed by atoms with van der Waals surface area (Å²) in [7, 11) is 0. The van der Waals surface area contributed by atoms with Gasteiger partial charge in [0.15, 0.2) is 0 Å². The van der Waals surface area contributed by atoms with Crippen LogP contribution in [0.15, 0.2) is 42.5 Å². The molecule has 2 rings (SSSR count). The fourth-order valence-corrected chi connectivity index (χ4v) is 2.06. The minimum Gasteiger partial charge on any atom is -0.489 e. The van der Waals surface area contributed by atoms with Crippen LogP contribution in [0.25, 0.3) is 0 Å². The fraction of sp³-hybridized carbons (Fsp3) is 0.333. The number of rotatable bonds is 5. The van der Waals surface area contributed by atoms with E-state index in [1.165, 1.54) is 17.7 Å². The van der Waals surface area contributed by atoms with E-state index in [0.29, 0.717) is 12.3 Å². The second-order valence-corrected chi connectivity index (χ2v) is 5.89. The van der Waals surface area contributed by atoms with Gasteiger partial charge in [-0.1, -0.05) is 39.0 Å². The molecule has 2 nitrogen and oxygen atoms in total. The van der Waals surface area contributed by atoms with Crippen LogP contribution in [0.2, 0.25) is 0 Å². The van der Waals surface area contributed by atoms with Gasteiger partial charge in [0.2, 0.25) is 0 Å². The summed E-state index contributed by atoms with van der Waals surface area (Å²) in [5, 5.41) is 0. The summed E-state index contributed by atoms with van der Waals surface area (Å²) >= 11 is 0. The van der Waals surface area contributed by atoms with E-state index in [0.717, 1.165) is 17.7 Å². The predicted molar refractivity (Wildman–Crippen MR) is 84.9 cm³/mol. The molecule has 0 saturated heterocycles. The van der Waals surface area contributed by atoms with Gasteiger partial charge in [0.1, 0.15) is 18.2 Å². The number of ether oxygens (including phenoxy) is 1. The van der Waals surface area contributed by atoms with Crippen LogP contribution in [0.5, 0.6) is 5.75 Å². The largest absolute Gasteiger partial charge is 0.489 e. The van der Waals surface area contributed by atoms with Gasteiger partial charge in [-0.05, 0) is 41.7 Å². The molecule has 0 spiro atoms. The Hall–Kier alpha value is -2.03. The van der Waals surface area contributed by atoms with E-state index >= 15 is 0 Å². The third-order valence-corrected chi connectivity index (χ3v) is 4.02. The van der Waals surface area contributed by atoms with E-state index < -0.39 is 0 Å². The maximum absolute atomic E-state index is 13.0. The zero-order chi connectivity index (χ0) is 15.5. The van der Waals surface area contributed by atoms with Gasteiger partial charge in [0, 0.05) is 11.3 Å². The topological polar surface area (TPSA) is 35.2 Å². The Kier molecular flexibility index (Phi) is 4.51. The Morgan fingerprint density at radius 3 is 2.33 bits per heavy atom. The highest BCUT2D eigenvalue weighted by molar-refractivity contribution is 5.46. The number of nitrogen functional groups attached to an aromatic ring is 1. The number of halogens is 1. The van der Waals surface area contributed by atoms with Crippen LogP contribution < -0.4 is 10.5 Å². The fourth-order valence-electron chi connectivity index (χ4n) is 2.06. The van der Waals surface area contributed by atoms with E-state index in [4.69, 9.17) is 10.5 Å². The monoisotopic (exact) mass is 287 g/mol. The Balaban J connectivity index is 2.04. The maximum Gasteiger partial charge on any atom is 0.125 e. The number of hydrogen-bond donors (Lipinski definition) is 1. The minimum atomic E-state index is -0.331. The lowest BCUT2D eigenvalue weighted by atomic mass is 9.82. The summed E-state index contributed by atoms with van der Waals surface area (Å²) in [6, 6.07) is 12.5. The molecule has 0 aromatic heterocycles. The van der Waals surface area contributed by atoms with Crippen molar-refractivity contribution in [2.45, 2.75) is 39.2 Å². The molecule has 3 heteroatoms. The highest BCUT2D eigenvalue weighted by Gasteiger charge is 2.17. The maximum atomic E-state index is 13.0. The van der Waals surface area contributed by atoms with Crippen LogP contribution in [0, 0.1) is 5.82 Å². The third-order valence-electron chi connectivity index (χ3n) is 4.02. The third kappa shape index (κ3) is 3.75. The van der Waals surface area contributed by atoms with Crippen molar-refractivity contribution < 1.29 is 9.13 Å². The summed E-state index contributed by atoms with van der Waals surface area (Å²) in [5.74, 6) is 0.455. The van der Waals surface area contributed by atoms with Crippen molar-refractivity contribution in [3.8, 4) is 5.75 Å². The smallest absolute Gasteiger partial charge is 0.125 e. The number of anilines is 1. The Morgan fingerprint density at radius 1 is 1.10 bits per heavy atom. The molecule has 0 bridgehead atoms. The van der Waals surface area contributed by atoms with Crippen LogP contribution >= 0.6 is 0 Å². The molecular formula is C18H22FNO. The lowest BCUT2D eigenvalue weighted by Crippen LogP contribution is -2.15. The molecule has 0 fully saturated rings. The molecular weight excluding hydrogens is 265 g/mol. The highest BCUT2D eigenvalue weighted by atomic mass is 19.1. The lowest BCUT2D eigenvalue weighted by Gasteiger charge is -2.23. The minimum absolute atomic E-state index is 0.167. The summed E-state index contributed by atoms with van der Waals surface area (Å²) in [4.78, 5) is 0. The van der Waals surface area contributed by atoms with Crippen molar-refractivity contribution in [1.82, 2.24) is 0 Å². The molecule has 0 radical (unpaired) electrons. The molecule has 112 valence electrons. The van der Waals surface area contributed by atoms with E-state index in [9.17, 15) is 4.39 Å². The zero-order valence-corrected chi connectivity index (χ0v) is 12.8. The van der Waals surface area contributed by atoms with Crippen molar-refractivity contribution in [3.05, 3.63) is 59.4 Å². The molecule has 2 aromatic carbocycles. The van der Waals surface area contributed by atoms with Crippen molar-refractivity contribution in [1.29, 1.82) is 0 Å². The summed E-state index contributed by atoms with van der Waals surface area (Å²) in [6.07, 6.45) is 1.08. The van der Waals surface area contributed by atoms with Gasteiger partial charge < -0.3 is 10.5 Å². The van der Waals surface area contributed by atoms with Crippen LogP contribution in [0.4, 0.5) is 10.1 Å². The van der Waals surface area contributed by atoms with Gasteiger partial charge in [-0.3, -0.25) is 0 Å². The van der Waals surface area contributed by atoms with Gasteiger partial charge >= 0.3 is 0 Å². The quantitative estimate of drug-likeness (QED) is 0.811. The molecule has 2 aromatic rings. The van der Waals surface area contributed by atoms with Crippen LogP contribution in [-0.2, 0) is 12.0 Å². The number of nitrogens with two attached hydrogens (primary N) is 1. The normalized spacial score (nSPS) is 11.4. The van der Waals surface area contributed by atoms with Gasteiger partial charge in [-0.25, -0.2) is 4.39 Å². The number of hydrogen-bond acceptors (Lipinski definition) is 2.